The topological polar surface area (TPSA) is 161 Å². The van der Waals surface area contributed by atoms with E-state index in [2.05, 4.69) is 37.4 Å². The van der Waals surface area contributed by atoms with Gasteiger partial charge in [-0.25, -0.2) is 27.7 Å². The number of halogens is 3. The third-order valence-electron chi connectivity index (χ3n) is 7.85. The van der Waals surface area contributed by atoms with Crippen LogP contribution in [0.5, 0.6) is 0 Å². The molecule has 0 fully saturated rings. The van der Waals surface area contributed by atoms with Gasteiger partial charge in [-0.2, -0.15) is 18.4 Å². The Morgan fingerprint density at radius 2 is 1.76 bits per heavy atom. The molecule has 0 saturated heterocycles. The largest absolute Gasteiger partial charge is 0.744 e. The minimum Gasteiger partial charge on any atom is -0.744 e. The van der Waals surface area contributed by atoms with Crippen LogP contribution in [0.3, 0.4) is 0 Å². The van der Waals surface area contributed by atoms with Crippen LogP contribution < -0.4 is 10.6 Å². The maximum absolute atomic E-state index is 13.6. The zero-order valence-electron chi connectivity index (χ0n) is 27.9. The predicted molar refractivity (Wildman–Crippen MR) is 176 cm³/mol. The summed E-state index contributed by atoms with van der Waals surface area (Å²) in [6.07, 6.45) is -3.28. The van der Waals surface area contributed by atoms with Gasteiger partial charge in [-0.05, 0) is 66.9 Å². The van der Waals surface area contributed by atoms with Gasteiger partial charge >= 0.3 is 17.8 Å². The molecule has 0 unspecified atom stereocenters. The van der Waals surface area contributed by atoms with Crippen LogP contribution in [0.1, 0.15) is 41.6 Å². The fourth-order valence-corrected chi connectivity index (χ4v) is 6.06. The number of H-pyrrole nitrogens is 1. The number of quaternary nitrogens is 1. The quantitative estimate of drug-likeness (QED) is 0.153. The number of esters is 1. The Kier molecular flexibility index (Phi) is 11.1. The molecule has 12 nitrogen and oxygen atoms in total. The number of hydrogen-bond donors (Lipinski definition) is 1. The lowest BCUT2D eigenvalue weighted by molar-refractivity contribution is -0.870. The Morgan fingerprint density at radius 3 is 2.32 bits per heavy atom. The zero-order chi connectivity index (χ0) is 37.0. The summed E-state index contributed by atoms with van der Waals surface area (Å²) in [6.45, 7) is 2.41. The summed E-state index contributed by atoms with van der Waals surface area (Å²) < 4.78 is 78.6. The summed E-state index contributed by atoms with van der Waals surface area (Å²) in [6, 6.07) is 17.9. The van der Waals surface area contributed by atoms with E-state index in [9.17, 15) is 41.0 Å². The number of nitrogens with one attached hydrogen (secondary N) is 1. The number of alkyl halides is 3. The van der Waals surface area contributed by atoms with E-state index >= 15 is 0 Å². The number of carbonyl (C=O) groups excluding carboxylic acids is 1. The maximum Gasteiger partial charge on any atom is 0.416 e. The Hall–Kier alpha value is -5.24. The van der Waals surface area contributed by atoms with Crippen molar-refractivity contribution in [3.63, 3.8) is 0 Å². The van der Waals surface area contributed by atoms with Crippen molar-refractivity contribution in [2.24, 2.45) is 0 Å². The van der Waals surface area contributed by atoms with Gasteiger partial charge in [-0.15, -0.1) is 5.10 Å². The summed E-state index contributed by atoms with van der Waals surface area (Å²) in [5.74, 6) is -0.735. The summed E-state index contributed by atoms with van der Waals surface area (Å²) in [4.78, 5) is 27.6. The normalized spacial score (nSPS) is 14.7. The maximum atomic E-state index is 13.6. The van der Waals surface area contributed by atoms with Crippen LogP contribution in [0.4, 0.5) is 24.8 Å². The predicted octanol–water partition coefficient (Wildman–Crippen LogP) is 4.88. The van der Waals surface area contributed by atoms with E-state index in [0.29, 0.717) is 17.5 Å². The number of aromatic nitrogens is 3. The van der Waals surface area contributed by atoms with Crippen LogP contribution in [0.15, 0.2) is 93.8 Å². The van der Waals surface area contributed by atoms with Gasteiger partial charge in [0.1, 0.15) is 16.2 Å². The Morgan fingerprint density at radius 1 is 1.08 bits per heavy atom. The van der Waals surface area contributed by atoms with E-state index in [-0.39, 0.29) is 27.8 Å². The Bertz CT molecular complexity index is 2110. The van der Waals surface area contributed by atoms with Crippen LogP contribution in [-0.2, 0) is 32.2 Å². The highest BCUT2D eigenvalue weighted by molar-refractivity contribution is 7.85. The minimum absolute atomic E-state index is 0.0149. The van der Waals surface area contributed by atoms with E-state index in [1.54, 1.807) is 31.2 Å². The molecule has 1 N–H and O–H groups in total. The average molecular weight is 713 g/mol. The van der Waals surface area contributed by atoms with Crippen LogP contribution in [0, 0.1) is 11.3 Å². The fraction of sp³-hybridized carbons (Fsp3) is 0.294. The van der Waals surface area contributed by atoms with Crippen LogP contribution in [-0.4, -0.2) is 73.0 Å². The molecule has 0 radical (unpaired) electrons. The SMILES string of the molecule is COC(=O)C1=C(C)N(c2cccc(C(F)(F)F)c2)c2n[nH]c(=O)n2[C@@H]1c1ccc(C#N)cc1CCC[N+](C)(C)C.O=S(=O)([O-])c1ccccc1. The number of benzene rings is 3. The molecule has 1 aliphatic rings. The molecule has 0 spiro atoms. The Labute approximate surface area is 287 Å². The smallest absolute Gasteiger partial charge is 0.416 e. The second kappa shape index (κ2) is 14.7. The van der Waals surface area contributed by atoms with Gasteiger partial charge in [0.25, 0.3) is 0 Å². The van der Waals surface area contributed by atoms with E-state index in [1.165, 1.54) is 53.0 Å². The van der Waals surface area contributed by atoms with E-state index in [4.69, 9.17) is 4.74 Å². The molecule has 3 aromatic carbocycles. The minimum atomic E-state index is -4.61. The molecule has 50 heavy (non-hydrogen) atoms. The highest BCUT2D eigenvalue weighted by Gasteiger charge is 2.41. The first kappa shape index (κ1) is 37.6. The Balaban J connectivity index is 0.000000482. The lowest BCUT2D eigenvalue weighted by Crippen LogP contribution is -2.38. The number of aromatic amines is 1. The van der Waals surface area contributed by atoms with E-state index in [0.717, 1.165) is 35.1 Å². The van der Waals surface area contributed by atoms with Crippen LogP contribution in [0.25, 0.3) is 0 Å². The van der Waals surface area contributed by atoms with Gasteiger partial charge in [0, 0.05) is 17.8 Å². The number of fused-ring (bicyclic) bond motifs is 1. The van der Waals surface area contributed by atoms with E-state index in [1.807, 2.05) is 0 Å². The van der Waals surface area contributed by atoms with Crippen molar-refractivity contribution in [1.82, 2.24) is 14.8 Å². The molecule has 0 amide bonds. The van der Waals surface area contributed by atoms with Crippen molar-refractivity contribution in [3.05, 3.63) is 117 Å². The highest BCUT2D eigenvalue weighted by atomic mass is 32.2. The number of aryl methyl sites for hydroxylation is 1. The number of ether oxygens (including phenoxy) is 1. The molecule has 1 aliphatic heterocycles. The molecular formula is C34H35F3N6O6S. The number of hydrogen-bond acceptors (Lipinski definition) is 9. The molecule has 1 aromatic heterocycles. The number of carbonyl (C=O) groups is 1. The number of nitriles is 1. The van der Waals surface area contributed by atoms with Crippen molar-refractivity contribution < 1.29 is 40.2 Å². The van der Waals surface area contributed by atoms with E-state index < -0.39 is 39.6 Å². The van der Waals surface area contributed by atoms with Crippen LogP contribution >= 0.6 is 0 Å². The van der Waals surface area contributed by atoms with Gasteiger partial charge in [-0.3, -0.25) is 4.90 Å². The summed E-state index contributed by atoms with van der Waals surface area (Å²) in [7, 11) is 3.14. The fourth-order valence-electron chi connectivity index (χ4n) is 5.57. The van der Waals surface area contributed by atoms with Gasteiger partial charge in [0.05, 0.1) is 62.5 Å². The van der Waals surface area contributed by atoms with Crippen molar-refractivity contribution in [2.45, 2.75) is 36.9 Å². The first-order valence-electron chi connectivity index (χ1n) is 15.1. The average Bonchev–Trinajstić information content (AvgIpc) is 3.43. The number of anilines is 2. The lowest BCUT2D eigenvalue weighted by Gasteiger charge is -2.36. The molecule has 4 aromatic rings. The first-order valence-corrected chi connectivity index (χ1v) is 16.6. The third kappa shape index (κ3) is 8.48. The number of nitrogens with zero attached hydrogens (tertiary/aromatic N) is 5. The van der Waals surface area contributed by atoms with Crippen molar-refractivity contribution in [3.8, 4) is 6.07 Å². The van der Waals surface area contributed by atoms with Gasteiger partial charge in [0.2, 0.25) is 5.95 Å². The van der Waals surface area contributed by atoms with Gasteiger partial charge < -0.3 is 13.8 Å². The molecule has 16 heteroatoms. The zero-order valence-corrected chi connectivity index (χ0v) is 28.7. The second-order valence-electron chi connectivity index (χ2n) is 12.4. The van der Waals surface area contributed by atoms with Gasteiger partial charge in [-0.1, -0.05) is 30.3 Å². The monoisotopic (exact) mass is 712 g/mol. The summed E-state index contributed by atoms with van der Waals surface area (Å²) in [5, 5.41) is 16.1. The molecule has 264 valence electrons. The van der Waals surface area contributed by atoms with Crippen molar-refractivity contribution >= 4 is 27.7 Å². The number of allylic oxidation sites excluding steroid dienone is 1. The standard InChI is InChI=1S/C28H29F3N6O3.C6H6O3S/c1-17-23(25(38)40-5)24(22-12-11-18(16-32)14-19(22)8-7-13-37(2,3)4)36-26(33-34-27(36)39)35(17)21-10-6-9-20(15-21)28(29,30)31;7-10(8,9)6-4-2-1-3-5-6/h6,9-12,14-15,24H,7-8,13H2,1-5H3;1-5H,(H,7,8,9)/t24-;/m1./s1. The van der Waals surface area contributed by atoms with Crippen molar-refractivity contribution in [1.29, 1.82) is 5.26 Å². The highest BCUT2D eigenvalue weighted by Crippen LogP contribution is 2.43. The molecule has 0 bridgehead atoms. The molecule has 5 rings (SSSR count). The summed E-state index contributed by atoms with van der Waals surface area (Å²) in [5.41, 5.74) is 0.605. The van der Waals surface area contributed by atoms with Crippen molar-refractivity contribution in [2.75, 3.05) is 39.7 Å². The molecule has 1 atom stereocenters. The first-order chi connectivity index (χ1) is 23.4. The molecular weight excluding hydrogens is 677 g/mol. The molecule has 0 aliphatic carbocycles. The second-order valence-corrected chi connectivity index (χ2v) is 13.8. The molecule has 2 heterocycles. The number of rotatable bonds is 8. The number of methoxy groups -OCH3 is 1. The third-order valence-corrected chi connectivity index (χ3v) is 8.70. The molecule has 0 saturated carbocycles. The summed E-state index contributed by atoms with van der Waals surface area (Å²) >= 11 is 0. The van der Waals surface area contributed by atoms with Crippen LogP contribution in [0.2, 0.25) is 0 Å². The lowest BCUT2D eigenvalue weighted by atomic mass is 9.88. The van der Waals surface area contributed by atoms with Gasteiger partial charge in [0.15, 0.2) is 0 Å².